The second-order valence-electron chi connectivity index (χ2n) is 11.5. The van der Waals surface area contributed by atoms with E-state index in [1.54, 1.807) is 72.8 Å². The maximum absolute atomic E-state index is 13.9. The molecule has 1 unspecified atom stereocenters. The van der Waals surface area contributed by atoms with Gasteiger partial charge in [0.25, 0.3) is 0 Å². The van der Waals surface area contributed by atoms with Gasteiger partial charge in [-0.05, 0) is 55.5 Å². The fourth-order valence-corrected chi connectivity index (χ4v) is 7.02. The third kappa shape index (κ3) is 8.90. The minimum Gasteiger partial charge on any atom is -0.459 e. The van der Waals surface area contributed by atoms with Crippen molar-refractivity contribution in [2.24, 2.45) is 0 Å². The van der Waals surface area contributed by atoms with E-state index < -0.39 is 75.9 Å². The van der Waals surface area contributed by atoms with Gasteiger partial charge in [0, 0.05) is 0 Å². The van der Waals surface area contributed by atoms with Crippen LogP contribution in [0.2, 0.25) is 0 Å². The van der Waals surface area contributed by atoms with E-state index in [1.165, 1.54) is 55.5 Å². The highest BCUT2D eigenvalue weighted by Crippen LogP contribution is 2.34. The van der Waals surface area contributed by atoms with E-state index in [4.69, 9.17) is 23.7 Å². The van der Waals surface area contributed by atoms with Gasteiger partial charge >= 0.3 is 23.9 Å². The summed E-state index contributed by atoms with van der Waals surface area (Å²) in [6, 6.07) is 31.4. The summed E-state index contributed by atoms with van der Waals surface area (Å²) in [6.07, 6.45) is -6.82. The molecule has 0 radical (unpaired) electrons. The molecule has 50 heavy (non-hydrogen) atoms. The van der Waals surface area contributed by atoms with Gasteiger partial charge in [0.05, 0.1) is 28.0 Å². The van der Waals surface area contributed by atoms with E-state index in [0.717, 1.165) is 0 Å². The number of carbonyl (C=O) groups is 4. The number of sulfone groups is 1. The topological polar surface area (TPSA) is 149 Å². The number of carbonyl (C=O) groups excluding carboxylic acids is 4. The largest absolute Gasteiger partial charge is 0.459 e. The Morgan fingerprint density at radius 1 is 0.580 bits per heavy atom. The second kappa shape index (κ2) is 16.2. The maximum Gasteiger partial charge on any atom is 0.338 e. The molecule has 5 atom stereocenters. The molecule has 0 aliphatic carbocycles. The van der Waals surface area contributed by atoms with Crippen LogP contribution in [0.3, 0.4) is 0 Å². The van der Waals surface area contributed by atoms with Gasteiger partial charge in [0.1, 0.15) is 12.7 Å². The van der Waals surface area contributed by atoms with Gasteiger partial charge in [0.15, 0.2) is 33.6 Å². The first-order chi connectivity index (χ1) is 24.0. The molecule has 258 valence electrons. The minimum atomic E-state index is -4.39. The van der Waals surface area contributed by atoms with E-state index >= 15 is 0 Å². The van der Waals surface area contributed by atoms with Crippen LogP contribution in [0.5, 0.6) is 0 Å². The molecule has 1 saturated heterocycles. The number of hydrogen-bond acceptors (Lipinski definition) is 11. The van der Waals surface area contributed by atoms with Crippen LogP contribution in [0, 0.1) is 0 Å². The molecule has 1 heterocycles. The summed E-state index contributed by atoms with van der Waals surface area (Å²) in [6.45, 7) is 4.56. The number of rotatable bonds is 12. The molecule has 0 amide bonds. The average molecular weight is 699 g/mol. The summed E-state index contributed by atoms with van der Waals surface area (Å²) in [7, 11) is -4.39. The van der Waals surface area contributed by atoms with Crippen LogP contribution in [0.15, 0.2) is 133 Å². The molecule has 4 aromatic rings. The van der Waals surface area contributed by atoms with Gasteiger partial charge in [0.2, 0.25) is 0 Å². The summed E-state index contributed by atoms with van der Waals surface area (Å²) in [5.41, 5.74) is -1.30. The van der Waals surface area contributed by atoms with Crippen molar-refractivity contribution in [3.05, 3.63) is 156 Å². The van der Waals surface area contributed by atoms with Crippen molar-refractivity contribution in [3.63, 3.8) is 0 Å². The molecule has 0 aromatic heterocycles. The Hall–Kier alpha value is -5.59. The molecule has 0 bridgehead atoms. The quantitative estimate of drug-likeness (QED) is 0.109. The summed E-state index contributed by atoms with van der Waals surface area (Å²) in [4.78, 5) is 53.7. The lowest BCUT2D eigenvalue weighted by Gasteiger charge is -2.44. The highest BCUT2D eigenvalue weighted by atomic mass is 32.2. The second-order valence-corrected chi connectivity index (χ2v) is 13.6. The van der Waals surface area contributed by atoms with Crippen LogP contribution in [0.1, 0.15) is 48.4 Å². The van der Waals surface area contributed by atoms with Crippen molar-refractivity contribution >= 4 is 33.7 Å². The summed E-state index contributed by atoms with van der Waals surface area (Å²) in [5.74, 6) is -4.16. The van der Waals surface area contributed by atoms with Crippen molar-refractivity contribution in [3.8, 4) is 0 Å². The monoisotopic (exact) mass is 698 g/mol. The predicted molar refractivity (Wildman–Crippen MR) is 181 cm³/mol. The molecule has 0 N–H and O–H groups in total. The van der Waals surface area contributed by atoms with Gasteiger partial charge in [-0.2, -0.15) is 0 Å². The fourth-order valence-electron chi connectivity index (χ4n) is 5.24. The van der Waals surface area contributed by atoms with Crippen LogP contribution < -0.4 is 0 Å². The zero-order valence-corrected chi connectivity index (χ0v) is 27.8. The van der Waals surface area contributed by atoms with Crippen LogP contribution in [0.4, 0.5) is 0 Å². The van der Waals surface area contributed by atoms with Crippen molar-refractivity contribution in [1.82, 2.24) is 0 Å². The molecule has 1 aliphatic rings. The molecule has 11 nitrogen and oxygen atoms in total. The Balaban J connectivity index is 1.61. The molecule has 0 saturated carbocycles. The molecule has 0 spiro atoms. The third-order valence-electron chi connectivity index (χ3n) is 7.54. The van der Waals surface area contributed by atoms with E-state index in [2.05, 4.69) is 6.58 Å². The first-order valence-electron chi connectivity index (χ1n) is 15.5. The van der Waals surface area contributed by atoms with E-state index in [9.17, 15) is 27.6 Å². The Labute approximate surface area is 289 Å². The lowest BCUT2D eigenvalue weighted by molar-refractivity contribution is -0.209. The normalized spacial score (nSPS) is 20.1. The van der Waals surface area contributed by atoms with E-state index in [0.29, 0.717) is 0 Å². The van der Waals surface area contributed by atoms with Crippen molar-refractivity contribution in [2.45, 2.75) is 36.8 Å². The Bertz CT molecular complexity index is 1910. The maximum atomic E-state index is 13.9. The van der Waals surface area contributed by atoms with Gasteiger partial charge in [-0.15, -0.1) is 0 Å². The van der Waals surface area contributed by atoms with Crippen molar-refractivity contribution < 1.29 is 51.3 Å². The molecule has 1 fully saturated rings. The molecule has 4 aromatic carbocycles. The average Bonchev–Trinajstić information content (AvgIpc) is 3.13. The first kappa shape index (κ1) is 35.7. The van der Waals surface area contributed by atoms with Gasteiger partial charge in [-0.25, -0.2) is 27.6 Å². The number of ether oxygens (including phenoxy) is 5. The van der Waals surface area contributed by atoms with Crippen LogP contribution in [-0.4, -0.2) is 74.5 Å². The minimum absolute atomic E-state index is 0.0634. The standard InChI is InChI=1S/C38H34O11S/c1-25(2)24-50(43,44)38-33(49-37(42)29-21-13-6-14-22-29)32(48-36(41)28-19-11-5-12-20-28)31(47-35(40)27-17-9-4-10-18-27)30(46-38)23-45-34(39)26-15-7-3-8-16-26/h3-22,30-33,38H,1,23-24H2,2H3/t30-,31-,32+,33-,38?/m1/s1. The van der Waals surface area contributed by atoms with E-state index in [-0.39, 0.29) is 27.8 Å². The van der Waals surface area contributed by atoms with Crippen LogP contribution in [0.25, 0.3) is 0 Å². The van der Waals surface area contributed by atoms with Crippen molar-refractivity contribution in [1.29, 1.82) is 0 Å². The number of hydrogen-bond donors (Lipinski definition) is 0. The molecule has 5 rings (SSSR count). The smallest absolute Gasteiger partial charge is 0.338 e. The van der Waals surface area contributed by atoms with Gasteiger partial charge in [-0.1, -0.05) is 84.9 Å². The zero-order valence-electron chi connectivity index (χ0n) is 27.0. The predicted octanol–water partition coefficient (Wildman–Crippen LogP) is 5.24. The molecular weight excluding hydrogens is 664 g/mol. The first-order valence-corrected chi connectivity index (χ1v) is 17.3. The summed E-state index contributed by atoms with van der Waals surface area (Å²) in [5, 5.41) is 0. The zero-order chi connectivity index (χ0) is 35.7. The summed E-state index contributed by atoms with van der Waals surface area (Å²) >= 11 is 0. The fraction of sp³-hybridized carbons (Fsp3) is 0.211. The highest BCUT2D eigenvalue weighted by Gasteiger charge is 2.56. The van der Waals surface area contributed by atoms with Crippen LogP contribution in [-0.2, 0) is 33.5 Å². The third-order valence-corrected chi connectivity index (χ3v) is 9.52. The molecule has 1 aliphatic heterocycles. The highest BCUT2D eigenvalue weighted by molar-refractivity contribution is 7.92. The lowest BCUT2D eigenvalue weighted by atomic mass is 9.98. The molecular formula is C38H34O11S. The van der Waals surface area contributed by atoms with Crippen LogP contribution >= 0.6 is 0 Å². The Morgan fingerprint density at radius 2 is 0.940 bits per heavy atom. The summed E-state index contributed by atoms with van der Waals surface area (Å²) < 4.78 is 57.2. The Morgan fingerprint density at radius 3 is 1.34 bits per heavy atom. The molecule has 12 heteroatoms. The van der Waals surface area contributed by atoms with Gasteiger partial charge < -0.3 is 23.7 Å². The number of esters is 4. The van der Waals surface area contributed by atoms with Gasteiger partial charge in [-0.3, -0.25) is 0 Å². The van der Waals surface area contributed by atoms with E-state index in [1.807, 2.05) is 0 Å². The number of benzene rings is 4. The van der Waals surface area contributed by atoms with Crippen molar-refractivity contribution in [2.75, 3.05) is 12.4 Å². The Kier molecular flexibility index (Phi) is 11.6. The lowest BCUT2D eigenvalue weighted by Crippen LogP contribution is -2.64. The SMILES string of the molecule is C=C(C)CS(=O)(=O)C1O[C@H](COC(=O)c2ccccc2)[C@@H](OC(=O)c2ccccc2)[C@H](OC(=O)c2ccccc2)[C@H]1OC(=O)c1ccccc1.